The van der Waals surface area contributed by atoms with Gasteiger partial charge in [-0.25, -0.2) is 0 Å². The molecule has 0 aromatic carbocycles. The third kappa shape index (κ3) is 47.6. The van der Waals surface area contributed by atoms with Gasteiger partial charge >= 0.3 is 5.97 Å². The Morgan fingerprint density at radius 3 is 1.24 bits per heavy atom. The van der Waals surface area contributed by atoms with Crippen LogP contribution in [-0.4, -0.2) is 47.4 Å². The van der Waals surface area contributed by atoms with Crippen molar-refractivity contribution in [2.75, 3.05) is 13.2 Å². The molecule has 0 rings (SSSR count). The fourth-order valence-corrected chi connectivity index (χ4v) is 8.19. The highest BCUT2D eigenvalue weighted by molar-refractivity contribution is 5.76. The molecule has 62 heavy (non-hydrogen) atoms. The minimum absolute atomic E-state index is 0.0229. The van der Waals surface area contributed by atoms with Crippen LogP contribution in [0.5, 0.6) is 0 Å². The molecule has 2 unspecified atom stereocenters. The molecule has 0 spiro atoms. The van der Waals surface area contributed by atoms with E-state index in [0.717, 1.165) is 64.2 Å². The zero-order chi connectivity index (χ0) is 45.1. The molecular weight excluding hydrogens is 767 g/mol. The van der Waals surface area contributed by atoms with Gasteiger partial charge < -0.3 is 20.3 Å². The second-order valence-electron chi connectivity index (χ2n) is 18.6. The predicted molar refractivity (Wildman–Crippen MR) is 269 cm³/mol. The van der Waals surface area contributed by atoms with Crippen LogP contribution in [0.4, 0.5) is 0 Å². The van der Waals surface area contributed by atoms with E-state index in [1.807, 2.05) is 6.08 Å². The molecule has 0 bridgehead atoms. The third-order valence-electron chi connectivity index (χ3n) is 12.4. The first-order valence-corrected chi connectivity index (χ1v) is 27.3. The quantitative estimate of drug-likeness (QED) is 0.0321. The lowest BCUT2D eigenvalue weighted by Gasteiger charge is -2.20. The van der Waals surface area contributed by atoms with Crippen molar-refractivity contribution in [1.29, 1.82) is 0 Å². The molecule has 0 radical (unpaired) electrons. The number of aliphatic hydroxyl groups excluding tert-OH is 2. The Morgan fingerprint density at radius 2 is 0.806 bits per heavy atom. The minimum atomic E-state index is -0.857. The van der Waals surface area contributed by atoms with E-state index in [0.29, 0.717) is 19.4 Å². The van der Waals surface area contributed by atoms with Crippen molar-refractivity contribution in [3.8, 4) is 0 Å². The van der Waals surface area contributed by atoms with E-state index in [4.69, 9.17) is 4.74 Å². The molecule has 0 heterocycles. The zero-order valence-electron chi connectivity index (χ0n) is 41.4. The van der Waals surface area contributed by atoms with Gasteiger partial charge in [-0.2, -0.15) is 0 Å². The van der Waals surface area contributed by atoms with Crippen molar-refractivity contribution in [2.45, 2.75) is 296 Å². The Labute approximate surface area is 385 Å². The van der Waals surface area contributed by atoms with Crippen LogP contribution in [0.25, 0.3) is 0 Å². The van der Waals surface area contributed by atoms with E-state index in [1.165, 1.54) is 193 Å². The van der Waals surface area contributed by atoms with Gasteiger partial charge in [0.05, 0.1) is 25.4 Å². The summed E-state index contributed by atoms with van der Waals surface area (Å²) >= 11 is 0. The number of allylic oxidation sites excluding steroid dienone is 5. The van der Waals surface area contributed by atoms with Gasteiger partial charge in [-0.3, -0.25) is 9.59 Å². The van der Waals surface area contributed by atoms with Crippen molar-refractivity contribution >= 4 is 11.9 Å². The number of carbonyl (C=O) groups excluding carboxylic acids is 2. The van der Waals surface area contributed by atoms with E-state index < -0.39 is 12.1 Å². The van der Waals surface area contributed by atoms with E-state index >= 15 is 0 Å². The second-order valence-corrected chi connectivity index (χ2v) is 18.6. The van der Waals surface area contributed by atoms with Crippen LogP contribution in [-0.2, 0) is 14.3 Å². The summed E-state index contributed by atoms with van der Waals surface area (Å²) in [7, 11) is 0. The SMILES string of the molecule is CCCCCC/C=C\C/C=C\CCCCCCCCCC(=O)OCCCCCCCCCCCCCC(=O)NC(CO)C(O)/C=C/CCCCCCCCCCCCCCCC. The van der Waals surface area contributed by atoms with E-state index in [9.17, 15) is 19.8 Å². The second kappa shape index (κ2) is 51.7. The number of rotatable bonds is 50. The highest BCUT2D eigenvalue weighted by Gasteiger charge is 2.18. The average Bonchev–Trinajstić information content (AvgIpc) is 3.27. The van der Waals surface area contributed by atoms with Gasteiger partial charge in [-0.05, 0) is 64.2 Å². The van der Waals surface area contributed by atoms with E-state index in [2.05, 4.69) is 43.5 Å². The van der Waals surface area contributed by atoms with Crippen molar-refractivity contribution in [2.24, 2.45) is 0 Å². The lowest BCUT2D eigenvalue weighted by Crippen LogP contribution is -2.45. The van der Waals surface area contributed by atoms with Gasteiger partial charge in [-0.1, -0.05) is 243 Å². The van der Waals surface area contributed by atoms with Crippen LogP contribution < -0.4 is 5.32 Å². The summed E-state index contributed by atoms with van der Waals surface area (Å²) in [6, 6.07) is -0.643. The Hall–Kier alpha value is -1.92. The monoisotopic (exact) mass is 872 g/mol. The molecule has 0 aliphatic heterocycles. The Kier molecular flexibility index (Phi) is 50.1. The van der Waals surface area contributed by atoms with E-state index in [-0.39, 0.29) is 18.5 Å². The molecule has 6 heteroatoms. The lowest BCUT2D eigenvalue weighted by molar-refractivity contribution is -0.143. The molecule has 2 atom stereocenters. The molecule has 0 aliphatic rings. The molecule has 0 saturated carbocycles. The van der Waals surface area contributed by atoms with Gasteiger partial charge in [-0.15, -0.1) is 0 Å². The van der Waals surface area contributed by atoms with Crippen molar-refractivity contribution in [1.82, 2.24) is 5.32 Å². The predicted octanol–water partition coefficient (Wildman–Crippen LogP) is 16.5. The van der Waals surface area contributed by atoms with Gasteiger partial charge in [0.25, 0.3) is 0 Å². The molecular formula is C56H105NO5. The Morgan fingerprint density at radius 1 is 0.452 bits per heavy atom. The van der Waals surface area contributed by atoms with Crippen LogP contribution in [0.3, 0.4) is 0 Å². The third-order valence-corrected chi connectivity index (χ3v) is 12.4. The van der Waals surface area contributed by atoms with Crippen molar-refractivity contribution in [3.05, 3.63) is 36.5 Å². The zero-order valence-corrected chi connectivity index (χ0v) is 41.4. The molecule has 6 nitrogen and oxygen atoms in total. The summed E-state index contributed by atoms with van der Waals surface area (Å²) in [4.78, 5) is 24.5. The van der Waals surface area contributed by atoms with Crippen LogP contribution in [0.2, 0.25) is 0 Å². The Balaban J connectivity index is 3.50. The summed E-state index contributed by atoms with van der Waals surface area (Å²) in [6.07, 6.45) is 62.9. The summed E-state index contributed by atoms with van der Waals surface area (Å²) in [5, 5.41) is 23.1. The fraction of sp³-hybridized carbons (Fsp3) is 0.857. The molecule has 0 aromatic heterocycles. The maximum absolute atomic E-state index is 12.4. The number of ether oxygens (including phenoxy) is 1. The molecule has 1 amide bonds. The van der Waals surface area contributed by atoms with Gasteiger partial charge in [0, 0.05) is 12.8 Å². The summed E-state index contributed by atoms with van der Waals surface area (Å²) in [6.45, 7) is 4.84. The highest BCUT2D eigenvalue weighted by Crippen LogP contribution is 2.16. The van der Waals surface area contributed by atoms with Crippen LogP contribution in [0.15, 0.2) is 36.5 Å². The first kappa shape index (κ1) is 60.1. The van der Waals surface area contributed by atoms with Crippen LogP contribution in [0, 0.1) is 0 Å². The van der Waals surface area contributed by atoms with Gasteiger partial charge in [0.15, 0.2) is 0 Å². The first-order chi connectivity index (χ1) is 30.5. The maximum atomic E-state index is 12.4. The molecule has 0 fully saturated rings. The summed E-state index contributed by atoms with van der Waals surface area (Å²) < 4.78 is 5.47. The number of unbranched alkanes of at least 4 members (excludes halogenated alkanes) is 35. The van der Waals surface area contributed by atoms with Gasteiger partial charge in [0.1, 0.15) is 0 Å². The number of aliphatic hydroxyl groups is 2. The summed E-state index contributed by atoms with van der Waals surface area (Å²) in [5.74, 6) is -0.110. The lowest BCUT2D eigenvalue weighted by atomic mass is 10.0. The standard InChI is InChI=1S/C56H105NO5/c1-3-5-7-9-11-13-15-17-19-21-22-24-26-30-34-38-42-46-50-56(61)62-51-47-43-39-35-31-27-29-33-37-41-45-49-55(60)57-53(52-58)54(59)48-44-40-36-32-28-25-23-20-18-16-14-12-10-8-6-4-2/h13,15,19,21,44,48,53-54,58-59H,3-12,14,16-18,20,22-43,45-47,49-52H2,1-2H3,(H,57,60)/b15-13-,21-19-,48-44+. The minimum Gasteiger partial charge on any atom is -0.466 e. The van der Waals surface area contributed by atoms with Crippen LogP contribution in [0.1, 0.15) is 284 Å². The van der Waals surface area contributed by atoms with E-state index in [1.54, 1.807) is 6.08 Å². The molecule has 3 N–H and O–H groups in total. The first-order valence-electron chi connectivity index (χ1n) is 27.3. The number of hydrogen-bond donors (Lipinski definition) is 3. The molecule has 0 saturated heterocycles. The number of esters is 1. The summed E-state index contributed by atoms with van der Waals surface area (Å²) in [5.41, 5.74) is 0. The fourth-order valence-electron chi connectivity index (χ4n) is 8.19. The number of nitrogens with one attached hydrogen (secondary N) is 1. The van der Waals surface area contributed by atoms with Crippen molar-refractivity contribution in [3.63, 3.8) is 0 Å². The van der Waals surface area contributed by atoms with Gasteiger partial charge in [0.2, 0.25) is 5.91 Å². The largest absolute Gasteiger partial charge is 0.466 e. The number of carbonyl (C=O) groups is 2. The maximum Gasteiger partial charge on any atom is 0.305 e. The Bertz CT molecular complexity index is 1010. The van der Waals surface area contributed by atoms with Crippen molar-refractivity contribution < 1.29 is 24.5 Å². The molecule has 0 aliphatic carbocycles. The topological polar surface area (TPSA) is 95.9 Å². The molecule has 364 valence electrons. The molecule has 0 aromatic rings. The van der Waals surface area contributed by atoms with Crippen LogP contribution >= 0.6 is 0 Å². The number of amides is 1. The number of hydrogen-bond acceptors (Lipinski definition) is 5. The smallest absolute Gasteiger partial charge is 0.305 e. The highest BCUT2D eigenvalue weighted by atomic mass is 16.5. The average molecular weight is 872 g/mol. The normalized spacial score (nSPS) is 12.9.